The van der Waals surface area contributed by atoms with Crippen LogP contribution in [0.15, 0.2) is 36.4 Å². The van der Waals surface area contributed by atoms with Gasteiger partial charge in [-0.1, -0.05) is 6.07 Å². The Hall–Kier alpha value is -3.09. The summed E-state index contributed by atoms with van der Waals surface area (Å²) in [6.07, 6.45) is 0. The minimum absolute atomic E-state index is 0.179. The molecule has 0 saturated carbocycles. The highest BCUT2D eigenvalue weighted by Crippen LogP contribution is 2.32. The summed E-state index contributed by atoms with van der Waals surface area (Å²) in [5.41, 5.74) is 2.40. The fourth-order valence-corrected chi connectivity index (χ4v) is 2.20. The lowest BCUT2D eigenvalue weighted by molar-refractivity contribution is 0.102. The largest absolute Gasteiger partial charge is 0.454 e. The lowest BCUT2D eigenvalue weighted by Gasteiger charge is -2.06. The van der Waals surface area contributed by atoms with Crippen molar-refractivity contribution in [2.24, 2.45) is 0 Å². The van der Waals surface area contributed by atoms with E-state index in [2.05, 4.69) is 20.7 Å². The molecule has 0 atom stereocenters. The van der Waals surface area contributed by atoms with Gasteiger partial charge in [0, 0.05) is 5.56 Å². The third-order valence-corrected chi connectivity index (χ3v) is 3.23. The van der Waals surface area contributed by atoms with Crippen molar-refractivity contribution in [3.8, 4) is 11.5 Å². The summed E-state index contributed by atoms with van der Waals surface area (Å²) < 4.78 is 10.5. The number of amides is 1. The van der Waals surface area contributed by atoms with Crippen LogP contribution in [-0.4, -0.2) is 28.1 Å². The molecule has 0 unspecified atom stereocenters. The molecule has 1 aliphatic heterocycles. The average molecular weight is 282 g/mol. The normalized spacial score (nSPS) is 12.6. The minimum Gasteiger partial charge on any atom is -0.454 e. The Balaban J connectivity index is 1.65. The first-order valence-corrected chi connectivity index (χ1v) is 6.32. The van der Waals surface area contributed by atoms with E-state index in [4.69, 9.17) is 9.47 Å². The number of rotatable bonds is 2. The van der Waals surface area contributed by atoms with Crippen molar-refractivity contribution in [1.82, 2.24) is 15.4 Å². The van der Waals surface area contributed by atoms with E-state index in [0.717, 1.165) is 0 Å². The van der Waals surface area contributed by atoms with Crippen molar-refractivity contribution in [2.75, 3.05) is 12.1 Å². The van der Waals surface area contributed by atoms with Crippen LogP contribution in [0.25, 0.3) is 11.0 Å². The molecule has 0 spiro atoms. The summed E-state index contributed by atoms with van der Waals surface area (Å²) in [5, 5.41) is 13.4. The first-order chi connectivity index (χ1) is 10.3. The van der Waals surface area contributed by atoms with Gasteiger partial charge in [0.05, 0.1) is 5.69 Å². The number of benzene rings is 2. The molecule has 2 N–H and O–H groups in total. The van der Waals surface area contributed by atoms with Gasteiger partial charge in [-0.15, -0.1) is 0 Å². The highest BCUT2D eigenvalue weighted by Gasteiger charge is 2.17. The van der Waals surface area contributed by atoms with Gasteiger partial charge >= 0.3 is 0 Å². The molecule has 2 aromatic carbocycles. The number of nitrogens with one attached hydrogen (secondary N) is 2. The van der Waals surface area contributed by atoms with Gasteiger partial charge in [0.25, 0.3) is 5.91 Å². The Morgan fingerprint density at radius 3 is 3.00 bits per heavy atom. The molecule has 0 fully saturated rings. The topological polar surface area (TPSA) is 89.1 Å². The maximum atomic E-state index is 12.3. The van der Waals surface area contributed by atoms with Crippen molar-refractivity contribution in [2.45, 2.75) is 0 Å². The van der Waals surface area contributed by atoms with Crippen LogP contribution in [0.3, 0.4) is 0 Å². The number of H-pyrrole nitrogens is 1. The molecule has 3 aromatic rings. The molecule has 7 nitrogen and oxygen atoms in total. The standard InChI is InChI=1S/C14H10N4O3/c19-14(8-4-5-11-12(6-8)21-7-20-11)15-9-2-1-3-10-13(9)17-18-16-10/h1-6H,7H2,(H,15,19)(H,16,17,18). The van der Waals surface area contributed by atoms with Gasteiger partial charge in [-0.05, 0) is 30.3 Å². The number of carbonyl (C=O) groups is 1. The third-order valence-electron chi connectivity index (χ3n) is 3.23. The SMILES string of the molecule is O=C(Nc1cccc2n[nH]nc12)c1ccc2c(c1)OCO2. The van der Waals surface area contributed by atoms with Crippen molar-refractivity contribution < 1.29 is 14.3 Å². The molecule has 7 heteroatoms. The molecule has 0 saturated heterocycles. The van der Waals surface area contributed by atoms with Crippen LogP contribution in [0.1, 0.15) is 10.4 Å². The quantitative estimate of drug-likeness (QED) is 0.749. The second-order valence-electron chi connectivity index (χ2n) is 4.52. The molecular weight excluding hydrogens is 272 g/mol. The summed E-state index contributed by atoms with van der Waals surface area (Å²) in [6.45, 7) is 0.179. The molecule has 4 rings (SSSR count). The fraction of sp³-hybridized carbons (Fsp3) is 0.0714. The average Bonchev–Trinajstić information content (AvgIpc) is 3.15. The van der Waals surface area contributed by atoms with Crippen LogP contribution in [-0.2, 0) is 0 Å². The first-order valence-electron chi connectivity index (χ1n) is 6.32. The van der Waals surface area contributed by atoms with Crippen molar-refractivity contribution in [3.05, 3.63) is 42.0 Å². The number of anilines is 1. The first kappa shape index (κ1) is 11.7. The van der Waals surface area contributed by atoms with Crippen LogP contribution < -0.4 is 14.8 Å². The monoisotopic (exact) mass is 282 g/mol. The number of ether oxygens (including phenoxy) is 2. The molecule has 1 aromatic heterocycles. The lowest BCUT2D eigenvalue weighted by Crippen LogP contribution is -2.12. The Bertz CT molecular complexity index is 843. The second kappa shape index (κ2) is 4.48. The Labute approximate surface area is 118 Å². The van der Waals surface area contributed by atoms with Crippen LogP contribution in [0.5, 0.6) is 11.5 Å². The van der Waals surface area contributed by atoms with E-state index in [1.54, 1.807) is 30.3 Å². The molecule has 1 amide bonds. The maximum Gasteiger partial charge on any atom is 0.255 e. The number of carbonyl (C=O) groups excluding carboxylic acids is 1. The van der Waals surface area contributed by atoms with Gasteiger partial charge in [0.15, 0.2) is 11.5 Å². The zero-order valence-electron chi connectivity index (χ0n) is 10.8. The summed E-state index contributed by atoms with van der Waals surface area (Å²) in [7, 11) is 0. The summed E-state index contributed by atoms with van der Waals surface area (Å²) in [4.78, 5) is 12.3. The number of aromatic nitrogens is 3. The van der Waals surface area contributed by atoms with E-state index in [1.807, 2.05) is 6.07 Å². The second-order valence-corrected chi connectivity index (χ2v) is 4.52. The lowest BCUT2D eigenvalue weighted by atomic mass is 10.2. The van der Waals surface area contributed by atoms with Gasteiger partial charge in [-0.2, -0.15) is 15.4 Å². The van der Waals surface area contributed by atoms with E-state index >= 15 is 0 Å². The van der Waals surface area contributed by atoms with Gasteiger partial charge in [-0.3, -0.25) is 4.79 Å². The van der Waals surface area contributed by atoms with Crippen LogP contribution >= 0.6 is 0 Å². The van der Waals surface area contributed by atoms with Crippen LogP contribution in [0.2, 0.25) is 0 Å². The fourth-order valence-electron chi connectivity index (χ4n) is 2.20. The highest BCUT2D eigenvalue weighted by molar-refractivity contribution is 6.08. The van der Waals surface area contributed by atoms with Crippen LogP contribution in [0.4, 0.5) is 5.69 Å². The molecule has 2 heterocycles. The maximum absolute atomic E-state index is 12.3. The smallest absolute Gasteiger partial charge is 0.255 e. The molecule has 0 aliphatic carbocycles. The van der Waals surface area contributed by atoms with Crippen LogP contribution in [0, 0.1) is 0 Å². The van der Waals surface area contributed by atoms with E-state index in [1.165, 1.54) is 0 Å². The molecule has 0 bridgehead atoms. The van der Waals surface area contributed by atoms with Gasteiger partial charge < -0.3 is 14.8 Å². The van der Waals surface area contributed by atoms with Gasteiger partial charge in [0.2, 0.25) is 6.79 Å². The number of para-hydroxylation sites is 1. The number of hydrogen-bond donors (Lipinski definition) is 2. The Morgan fingerprint density at radius 2 is 2.05 bits per heavy atom. The Morgan fingerprint density at radius 1 is 1.14 bits per heavy atom. The highest BCUT2D eigenvalue weighted by atomic mass is 16.7. The Kier molecular flexibility index (Phi) is 2.50. The number of fused-ring (bicyclic) bond motifs is 2. The summed E-state index contributed by atoms with van der Waals surface area (Å²) >= 11 is 0. The molecule has 104 valence electrons. The van der Waals surface area contributed by atoms with E-state index in [0.29, 0.717) is 33.8 Å². The third kappa shape index (κ3) is 1.95. The predicted octanol–water partition coefficient (Wildman–Crippen LogP) is 1.94. The zero-order chi connectivity index (χ0) is 14.2. The summed E-state index contributed by atoms with van der Waals surface area (Å²) in [6, 6.07) is 10.4. The number of aromatic amines is 1. The number of nitrogens with zero attached hydrogens (tertiary/aromatic N) is 2. The van der Waals surface area contributed by atoms with Crippen molar-refractivity contribution >= 4 is 22.6 Å². The van der Waals surface area contributed by atoms with Gasteiger partial charge in [-0.25, -0.2) is 0 Å². The molecular formula is C14H10N4O3. The van der Waals surface area contributed by atoms with E-state index in [-0.39, 0.29) is 12.7 Å². The van der Waals surface area contributed by atoms with E-state index < -0.39 is 0 Å². The van der Waals surface area contributed by atoms with Crippen molar-refractivity contribution in [1.29, 1.82) is 0 Å². The number of hydrogen-bond acceptors (Lipinski definition) is 5. The van der Waals surface area contributed by atoms with E-state index in [9.17, 15) is 4.79 Å². The minimum atomic E-state index is -0.246. The van der Waals surface area contributed by atoms with Crippen molar-refractivity contribution in [3.63, 3.8) is 0 Å². The predicted molar refractivity (Wildman–Crippen MR) is 74.4 cm³/mol. The molecule has 21 heavy (non-hydrogen) atoms. The summed E-state index contributed by atoms with van der Waals surface area (Å²) in [5.74, 6) is 0.969. The molecule has 1 aliphatic rings. The zero-order valence-corrected chi connectivity index (χ0v) is 10.8. The van der Waals surface area contributed by atoms with Gasteiger partial charge in [0.1, 0.15) is 11.0 Å². The molecule has 0 radical (unpaired) electrons.